The number of nitrogens with zero attached hydrogens (tertiary/aromatic N) is 1. The quantitative estimate of drug-likeness (QED) is 0.559. The lowest BCUT2D eigenvalue weighted by Crippen LogP contribution is -2.42. The first-order chi connectivity index (χ1) is 14.1. The van der Waals surface area contributed by atoms with E-state index in [1.165, 1.54) is 31.5 Å². The molecule has 1 aromatic heterocycles. The third-order valence-electron chi connectivity index (χ3n) is 4.00. The van der Waals surface area contributed by atoms with Crippen molar-refractivity contribution in [2.24, 2.45) is 0 Å². The van der Waals surface area contributed by atoms with E-state index in [0.29, 0.717) is 17.0 Å². The number of rotatable bonds is 6. The van der Waals surface area contributed by atoms with Crippen molar-refractivity contribution in [1.82, 2.24) is 15.8 Å². The van der Waals surface area contributed by atoms with Gasteiger partial charge in [-0.2, -0.15) is 0 Å². The number of hydrogen-bond donors (Lipinski definition) is 3. The minimum Gasteiger partial charge on any atom is -0.496 e. The minimum atomic E-state index is -0.564. The number of methoxy groups -OCH3 is 1. The molecule has 3 N–H and O–H groups in total. The van der Waals surface area contributed by atoms with Gasteiger partial charge in [-0.25, -0.2) is 9.37 Å². The highest BCUT2D eigenvalue weighted by Crippen LogP contribution is 2.19. The maximum atomic E-state index is 13.4. The molecule has 8 heteroatoms. The Morgan fingerprint density at radius 3 is 2.66 bits per heavy atom. The monoisotopic (exact) mass is 394 g/mol. The molecule has 29 heavy (non-hydrogen) atoms. The van der Waals surface area contributed by atoms with Gasteiger partial charge in [0.05, 0.1) is 19.1 Å². The van der Waals surface area contributed by atoms with Crippen molar-refractivity contribution in [3.63, 3.8) is 0 Å². The van der Waals surface area contributed by atoms with Gasteiger partial charge >= 0.3 is 0 Å². The van der Waals surface area contributed by atoms with Crippen LogP contribution in [-0.4, -0.2) is 23.9 Å². The minimum absolute atomic E-state index is 0.0335. The molecule has 148 valence electrons. The molecule has 0 radical (unpaired) electrons. The zero-order chi connectivity index (χ0) is 20.6. The summed E-state index contributed by atoms with van der Waals surface area (Å²) in [6, 6.07) is 16.0. The zero-order valence-corrected chi connectivity index (χ0v) is 15.6. The van der Waals surface area contributed by atoms with Crippen LogP contribution in [-0.2, 0) is 11.2 Å². The molecule has 3 rings (SSSR count). The summed E-state index contributed by atoms with van der Waals surface area (Å²) >= 11 is 0. The lowest BCUT2D eigenvalue weighted by molar-refractivity contribution is -0.121. The van der Waals surface area contributed by atoms with Gasteiger partial charge in [-0.1, -0.05) is 24.3 Å². The smallest absolute Gasteiger partial charge is 0.273 e. The van der Waals surface area contributed by atoms with E-state index in [0.717, 1.165) is 0 Å². The third kappa shape index (κ3) is 5.29. The Labute approximate surface area is 166 Å². The highest BCUT2D eigenvalue weighted by molar-refractivity contribution is 6.00. The fourth-order valence-electron chi connectivity index (χ4n) is 2.65. The Bertz CT molecular complexity index is 1030. The van der Waals surface area contributed by atoms with E-state index in [1.54, 1.807) is 42.5 Å². The standard InChI is InChI=1S/C21H19FN4O3/c1-29-18-10-3-2-6-14(18)12-19(27)25-26-21(28)17-9-5-11-23-20(17)24-16-8-4-7-15(22)13-16/h2-11,13H,12H2,1H3,(H,23,24)(H,25,27)(H,26,28). The molecule has 0 saturated heterocycles. The fourth-order valence-corrected chi connectivity index (χ4v) is 2.65. The Balaban J connectivity index is 1.64. The van der Waals surface area contributed by atoms with Gasteiger partial charge in [0.25, 0.3) is 5.91 Å². The summed E-state index contributed by atoms with van der Waals surface area (Å²) in [5, 5.41) is 2.90. The van der Waals surface area contributed by atoms with Crippen molar-refractivity contribution >= 4 is 23.3 Å². The molecule has 0 saturated carbocycles. The van der Waals surface area contributed by atoms with Gasteiger partial charge in [-0.15, -0.1) is 0 Å². The molecule has 0 aliphatic heterocycles. The topological polar surface area (TPSA) is 92.4 Å². The second-order valence-corrected chi connectivity index (χ2v) is 6.03. The molecule has 3 aromatic rings. The molecule has 0 spiro atoms. The lowest BCUT2D eigenvalue weighted by Gasteiger charge is -2.12. The van der Waals surface area contributed by atoms with Crippen LogP contribution in [0.15, 0.2) is 66.9 Å². The summed E-state index contributed by atoms with van der Waals surface area (Å²) in [6.07, 6.45) is 1.53. The predicted molar refractivity (Wildman–Crippen MR) is 106 cm³/mol. The number of carbonyl (C=O) groups excluding carboxylic acids is 2. The van der Waals surface area contributed by atoms with Crippen LogP contribution >= 0.6 is 0 Å². The van der Waals surface area contributed by atoms with Crippen LogP contribution in [0.4, 0.5) is 15.9 Å². The Hall–Kier alpha value is -3.94. The molecule has 0 atom stereocenters. The Kier molecular flexibility index (Phi) is 6.36. The first kappa shape index (κ1) is 19.8. The number of ether oxygens (including phenoxy) is 1. The number of halogens is 1. The van der Waals surface area contributed by atoms with E-state index < -0.39 is 17.6 Å². The number of para-hydroxylation sites is 1. The summed E-state index contributed by atoms with van der Waals surface area (Å²) in [5.41, 5.74) is 6.06. The first-order valence-corrected chi connectivity index (χ1v) is 8.75. The highest BCUT2D eigenvalue weighted by atomic mass is 19.1. The van der Waals surface area contributed by atoms with Gasteiger partial charge in [0.1, 0.15) is 17.4 Å². The van der Waals surface area contributed by atoms with E-state index in [2.05, 4.69) is 21.2 Å². The van der Waals surface area contributed by atoms with Gasteiger partial charge in [0.15, 0.2) is 0 Å². The molecule has 0 unspecified atom stereocenters. The van der Waals surface area contributed by atoms with Crippen molar-refractivity contribution < 1.29 is 18.7 Å². The largest absolute Gasteiger partial charge is 0.496 e. The molecule has 7 nitrogen and oxygen atoms in total. The van der Waals surface area contributed by atoms with Crippen molar-refractivity contribution in [1.29, 1.82) is 0 Å². The summed E-state index contributed by atoms with van der Waals surface area (Å²) in [5.74, 6) is -0.574. The second-order valence-electron chi connectivity index (χ2n) is 6.03. The third-order valence-corrected chi connectivity index (χ3v) is 4.00. The van der Waals surface area contributed by atoms with E-state index in [-0.39, 0.29) is 17.8 Å². The summed E-state index contributed by atoms with van der Waals surface area (Å²) in [7, 11) is 1.52. The van der Waals surface area contributed by atoms with Crippen molar-refractivity contribution in [3.05, 3.63) is 83.8 Å². The number of pyridine rings is 1. The normalized spacial score (nSPS) is 10.1. The van der Waals surface area contributed by atoms with E-state index in [1.807, 2.05) is 0 Å². The molecule has 0 fully saturated rings. The van der Waals surface area contributed by atoms with Gasteiger partial charge in [0, 0.05) is 17.4 Å². The maximum Gasteiger partial charge on any atom is 0.273 e. The van der Waals surface area contributed by atoms with Crippen LogP contribution in [0.5, 0.6) is 5.75 Å². The SMILES string of the molecule is COc1ccccc1CC(=O)NNC(=O)c1cccnc1Nc1cccc(F)c1. The second kappa shape index (κ2) is 9.32. The van der Waals surface area contributed by atoms with Crippen molar-refractivity contribution in [2.75, 3.05) is 12.4 Å². The predicted octanol–water partition coefficient (Wildman–Crippen LogP) is 2.98. The zero-order valence-electron chi connectivity index (χ0n) is 15.6. The number of hydrogen-bond acceptors (Lipinski definition) is 5. The van der Waals surface area contributed by atoms with Gasteiger partial charge in [0.2, 0.25) is 5.91 Å². The van der Waals surface area contributed by atoms with E-state index in [9.17, 15) is 14.0 Å². The lowest BCUT2D eigenvalue weighted by atomic mass is 10.1. The number of amides is 2. The maximum absolute atomic E-state index is 13.4. The van der Waals surface area contributed by atoms with E-state index >= 15 is 0 Å². The molecule has 0 aliphatic rings. The van der Waals surface area contributed by atoms with Crippen LogP contribution in [0.2, 0.25) is 0 Å². The number of anilines is 2. The molecule has 0 aliphatic carbocycles. The fraction of sp³-hybridized carbons (Fsp3) is 0.0952. The van der Waals surface area contributed by atoms with Crippen molar-refractivity contribution in [3.8, 4) is 5.75 Å². The van der Waals surface area contributed by atoms with Crippen LogP contribution in [0.1, 0.15) is 15.9 Å². The van der Waals surface area contributed by atoms with Gasteiger partial charge in [-0.3, -0.25) is 20.4 Å². The van der Waals surface area contributed by atoms with Crippen LogP contribution in [0, 0.1) is 5.82 Å². The van der Waals surface area contributed by atoms with Crippen LogP contribution < -0.4 is 20.9 Å². The summed E-state index contributed by atoms with van der Waals surface area (Å²) in [4.78, 5) is 28.8. The van der Waals surface area contributed by atoms with Gasteiger partial charge in [-0.05, 0) is 36.4 Å². The average molecular weight is 394 g/mol. The highest BCUT2D eigenvalue weighted by Gasteiger charge is 2.14. The van der Waals surface area contributed by atoms with Crippen molar-refractivity contribution in [2.45, 2.75) is 6.42 Å². The number of aromatic nitrogens is 1. The molecule has 1 heterocycles. The molecular weight excluding hydrogens is 375 g/mol. The van der Waals surface area contributed by atoms with E-state index in [4.69, 9.17) is 4.74 Å². The summed E-state index contributed by atoms with van der Waals surface area (Å²) < 4.78 is 18.6. The Morgan fingerprint density at radius 2 is 1.86 bits per heavy atom. The summed E-state index contributed by atoms with van der Waals surface area (Å²) in [6.45, 7) is 0. The number of carbonyl (C=O) groups is 2. The number of benzene rings is 2. The Morgan fingerprint density at radius 1 is 1.03 bits per heavy atom. The van der Waals surface area contributed by atoms with Gasteiger partial charge < -0.3 is 10.1 Å². The molecule has 0 bridgehead atoms. The molecule has 2 amide bonds. The number of hydrazine groups is 1. The first-order valence-electron chi connectivity index (χ1n) is 8.75. The molecule has 2 aromatic carbocycles. The molecular formula is C21H19FN4O3. The van der Waals surface area contributed by atoms with Crippen LogP contribution in [0.3, 0.4) is 0 Å². The van der Waals surface area contributed by atoms with Crippen LogP contribution in [0.25, 0.3) is 0 Å². The number of nitrogens with one attached hydrogen (secondary N) is 3. The average Bonchev–Trinajstić information content (AvgIpc) is 2.73.